The summed E-state index contributed by atoms with van der Waals surface area (Å²) in [6.45, 7) is 4.63. The molecule has 1 aromatic rings. The average Bonchev–Trinajstić information content (AvgIpc) is 2.85. The lowest BCUT2D eigenvalue weighted by Crippen LogP contribution is -2.73. The number of hydrogen-bond acceptors (Lipinski definition) is 5. The van der Waals surface area contributed by atoms with Gasteiger partial charge in [-0.1, -0.05) is 6.07 Å². The first-order chi connectivity index (χ1) is 10.4. The highest BCUT2D eigenvalue weighted by molar-refractivity contribution is 5.89. The van der Waals surface area contributed by atoms with Crippen molar-refractivity contribution in [3.05, 3.63) is 23.3 Å². The van der Waals surface area contributed by atoms with Gasteiger partial charge in [-0.15, -0.1) is 0 Å². The van der Waals surface area contributed by atoms with Crippen LogP contribution in [0.3, 0.4) is 0 Å². The van der Waals surface area contributed by atoms with Crippen molar-refractivity contribution in [1.29, 1.82) is 0 Å². The van der Waals surface area contributed by atoms with Crippen LogP contribution < -0.4 is 10.1 Å². The molecule has 2 fully saturated rings. The Morgan fingerprint density at radius 3 is 2.91 bits per heavy atom. The minimum Gasteiger partial charge on any atom is -0.504 e. The largest absolute Gasteiger partial charge is 0.504 e. The Labute approximate surface area is 129 Å². The van der Waals surface area contributed by atoms with Crippen molar-refractivity contribution >= 4 is 5.78 Å². The van der Waals surface area contributed by atoms with Crippen molar-refractivity contribution in [3.8, 4) is 11.5 Å². The molecule has 2 heterocycles. The molecule has 118 valence electrons. The Morgan fingerprint density at radius 1 is 1.36 bits per heavy atom. The molecule has 0 amide bonds. The molecule has 1 saturated carbocycles. The highest BCUT2D eigenvalue weighted by atomic mass is 16.5. The van der Waals surface area contributed by atoms with Gasteiger partial charge >= 0.3 is 0 Å². The molecular weight excluding hydrogens is 282 g/mol. The molecule has 1 saturated heterocycles. The van der Waals surface area contributed by atoms with Gasteiger partial charge in [0.05, 0.1) is 11.0 Å². The number of carbonyl (C=O) groups excluding carboxylic acids is 1. The second-order valence-electron chi connectivity index (χ2n) is 6.89. The topological polar surface area (TPSA) is 78.8 Å². The zero-order valence-electron chi connectivity index (χ0n) is 12.8. The van der Waals surface area contributed by atoms with Crippen molar-refractivity contribution in [2.75, 3.05) is 6.54 Å². The van der Waals surface area contributed by atoms with E-state index in [1.54, 1.807) is 6.07 Å². The number of rotatable bonds is 0. The zero-order valence-corrected chi connectivity index (χ0v) is 12.8. The van der Waals surface area contributed by atoms with Crippen LogP contribution in [0.25, 0.3) is 0 Å². The van der Waals surface area contributed by atoms with Crippen molar-refractivity contribution in [1.82, 2.24) is 5.32 Å². The number of fused-ring (bicyclic) bond motifs is 1. The highest BCUT2D eigenvalue weighted by Crippen LogP contribution is 2.60. The summed E-state index contributed by atoms with van der Waals surface area (Å²) in [4.78, 5) is 12.5. The Hall–Kier alpha value is -1.59. The fourth-order valence-corrected chi connectivity index (χ4v) is 4.88. The number of aromatic hydroxyl groups is 1. The molecule has 1 aliphatic carbocycles. The minimum absolute atomic E-state index is 0.0220. The number of ketones is 1. The maximum Gasteiger partial charge on any atom is 0.174 e. The Balaban J connectivity index is 2.04. The molecule has 1 aromatic carbocycles. The third-order valence-electron chi connectivity index (χ3n) is 5.98. The Morgan fingerprint density at radius 2 is 2.14 bits per heavy atom. The van der Waals surface area contributed by atoms with Crippen LogP contribution in [-0.4, -0.2) is 40.3 Å². The first kappa shape index (κ1) is 14.0. The number of carbonyl (C=O) groups is 1. The van der Waals surface area contributed by atoms with E-state index in [-0.39, 0.29) is 17.6 Å². The van der Waals surface area contributed by atoms with E-state index < -0.39 is 17.1 Å². The smallest absolute Gasteiger partial charge is 0.174 e. The molecular formula is C17H21NO4. The van der Waals surface area contributed by atoms with Gasteiger partial charge in [-0.3, -0.25) is 4.79 Å². The van der Waals surface area contributed by atoms with Crippen LogP contribution >= 0.6 is 0 Å². The van der Waals surface area contributed by atoms with E-state index in [0.29, 0.717) is 31.6 Å². The van der Waals surface area contributed by atoms with Crippen LogP contribution in [-0.2, 0) is 10.2 Å². The zero-order chi connectivity index (χ0) is 15.7. The van der Waals surface area contributed by atoms with Gasteiger partial charge in [0, 0.05) is 18.0 Å². The quantitative estimate of drug-likeness (QED) is 0.671. The lowest BCUT2D eigenvalue weighted by molar-refractivity contribution is -0.162. The van der Waals surface area contributed by atoms with Gasteiger partial charge in [-0.2, -0.15) is 0 Å². The lowest BCUT2D eigenvalue weighted by Gasteiger charge is -2.56. The van der Waals surface area contributed by atoms with Crippen LogP contribution in [0.1, 0.15) is 37.3 Å². The van der Waals surface area contributed by atoms with Gasteiger partial charge in [0.15, 0.2) is 23.4 Å². The number of ether oxygens (including phenoxy) is 1. The molecule has 0 aromatic heterocycles. The van der Waals surface area contributed by atoms with Crippen LogP contribution in [0, 0.1) is 6.92 Å². The minimum atomic E-state index is -1.05. The van der Waals surface area contributed by atoms with Crippen LogP contribution in [0.4, 0.5) is 0 Å². The third-order valence-corrected chi connectivity index (χ3v) is 5.98. The fourth-order valence-electron chi connectivity index (χ4n) is 4.88. The van der Waals surface area contributed by atoms with Gasteiger partial charge < -0.3 is 20.3 Å². The molecule has 5 nitrogen and oxygen atoms in total. The maximum atomic E-state index is 12.5. The third kappa shape index (κ3) is 1.39. The molecule has 5 heteroatoms. The predicted octanol–water partition coefficient (Wildman–Crippen LogP) is 1.18. The standard InChI is InChI=1S/C17H21NO4/c1-9-3-4-11(19)14-13(9)16-7-8-18-10(2)17(16,21)6-5-12(20)15(16)22-14/h3-4,10,15,18-19,21H,5-8H2,1-2H3. The highest BCUT2D eigenvalue weighted by Gasteiger charge is 2.69. The summed E-state index contributed by atoms with van der Waals surface area (Å²) in [6, 6.07) is 3.30. The summed E-state index contributed by atoms with van der Waals surface area (Å²) < 4.78 is 5.92. The summed E-state index contributed by atoms with van der Waals surface area (Å²) in [5.41, 5.74) is -0.0300. The maximum absolute atomic E-state index is 12.5. The summed E-state index contributed by atoms with van der Waals surface area (Å²) in [7, 11) is 0. The van der Waals surface area contributed by atoms with Crippen LogP contribution in [0.2, 0.25) is 0 Å². The molecule has 3 aliphatic rings. The second kappa shape index (κ2) is 4.24. The van der Waals surface area contributed by atoms with E-state index in [9.17, 15) is 15.0 Å². The van der Waals surface area contributed by atoms with Crippen molar-refractivity contribution < 1.29 is 19.7 Å². The summed E-state index contributed by atoms with van der Waals surface area (Å²) in [5.74, 6) is 0.451. The van der Waals surface area contributed by atoms with Gasteiger partial charge in [0.2, 0.25) is 0 Å². The van der Waals surface area contributed by atoms with E-state index in [4.69, 9.17) is 4.74 Å². The molecule has 2 aliphatic heterocycles. The molecule has 1 spiro atoms. The Kier molecular flexibility index (Phi) is 2.70. The van der Waals surface area contributed by atoms with E-state index >= 15 is 0 Å². The molecule has 3 N–H and O–H groups in total. The lowest BCUT2D eigenvalue weighted by atomic mass is 9.53. The first-order valence-corrected chi connectivity index (χ1v) is 7.90. The number of benzene rings is 1. The number of Topliss-reactive ketones (excluding diaryl/α,β-unsaturated/α-hetero) is 1. The molecule has 22 heavy (non-hydrogen) atoms. The van der Waals surface area contributed by atoms with E-state index in [1.807, 2.05) is 19.9 Å². The Bertz CT molecular complexity index is 673. The number of hydrogen-bond donors (Lipinski definition) is 3. The van der Waals surface area contributed by atoms with E-state index in [0.717, 1.165) is 11.1 Å². The van der Waals surface area contributed by atoms with Crippen LogP contribution in [0.15, 0.2) is 12.1 Å². The van der Waals surface area contributed by atoms with Gasteiger partial charge in [-0.25, -0.2) is 0 Å². The van der Waals surface area contributed by atoms with E-state index in [2.05, 4.69) is 5.32 Å². The van der Waals surface area contributed by atoms with Gasteiger partial charge in [0.25, 0.3) is 0 Å². The van der Waals surface area contributed by atoms with Gasteiger partial charge in [0.1, 0.15) is 0 Å². The number of aliphatic hydroxyl groups is 1. The summed E-state index contributed by atoms with van der Waals surface area (Å²) >= 11 is 0. The number of nitrogens with one attached hydrogen (secondary N) is 1. The normalized spacial score (nSPS) is 39.7. The molecule has 0 bridgehead atoms. The predicted molar refractivity (Wildman–Crippen MR) is 80.2 cm³/mol. The molecule has 4 rings (SSSR count). The van der Waals surface area contributed by atoms with Crippen LogP contribution in [0.5, 0.6) is 11.5 Å². The summed E-state index contributed by atoms with van der Waals surface area (Å²) in [5, 5.41) is 25.0. The SMILES string of the molecule is Cc1ccc(O)c2c1C13CCNC(C)C1(O)CCC(=O)C3O2. The molecule has 4 atom stereocenters. The van der Waals surface area contributed by atoms with Crippen molar-refractivity contribution in [2.24, 2.45) is 0 Å². The molecule has 4 unspecified atom stereocenters. The van der Waals surface area contributed by atoms with Crippen molar-refractivity contribution in [2.45, 2.75) is 56.3 Å². The number of phenols is 1. The average molecular weight is 303 g/mol. The molecule has 0 radical (unpaired) electrons. The fraction of sp³-hybridized carbons (Fsp3) is 0.588. The van der Waals surface area contributed by atoms with Gasteiger partial charge in [-0.05, 0) is 44.9 Å². The second-order valence-corrected chi connectivity index (χ2v) is 6.89. The number of phenolic OH excluding ortho intramolecular Hbond substituents is 1. The monoisotopic (exact) mass is 303 g/mol. The van der Waals surface area contributed by atoms with Crippen molar-refractivity contribution in [3.63, 3.8) is 0 Å². The number of piperidine rings is 1. The first-order valence-electron chi connectivity index (χ1n) is 7.90. The summed E-state index contributed by atoms with van der Waals surface area (Å²) in [6.07, 6.45) is 0.663. The number of aryl methyl sites for hydroxylation is 1. The van der Waals surface area contributed by atoms with E-state index in [1.165, 1.54) is 0 Å².